The summed E-state index contributed by atoms with van der Waals surface area (Å²) in [5.41, 5.74) is 0.287. The second-order valence-electron chi connectivity index (χ2n) is 3.77. The van der Waals surface area contributed by atoms with Crippen molar-refractivity contribution in [3.8, 4) is 5.75 Å². The maximum absolute atomic E-state index is 13.7. The zero-order valence-electron chi connectivity index (χ0n) is 10.2. The lowest BCUT2D eigenvalue weighted by molar-refractivity contribution is 0.103. The predicted octanol–water partition coefficient (Wildman–Crippen LogP) is 3.61. The first-order valence-electron chi connectivity index (χ1n) is 5.70. The Balaban J connectivity index is 2.41. The number of hydrogen-bond donors (Lipinski definition) is 0. The molecule has 0 aliphatic heterocycles. The van der Waals surface area contributed by atoms with Crippen molar-refractivity contribution in [2.24, 2.45) is 0 Å². The average molecular weight is 324 g/mol. The van der Waals surface area contributed by atoms with E-state index in [1.54, 1.807) is 12.1 Å². The summed E-state index contributed by atoms with van der Waals surface area (Å²) in [5.74, 6) is -0.513. The Morgan fingerprint density at radius 1 is 1.42 bits per heavy atom. The molecular formula is C14H11BrFNO2. The van der Waals surface area contributed by atoms with Gasteiger partial charge in [-0.25, -0.2) is 4.39 Å². The van der Waals surface area contributed by atoms with E-state index in [9.17, 15) is 9.18 Å². The van der Waals surface area contributed by atoms with Crippen molar-refractivity contribution in [2.45, 2.75) is 6.92 Å². The predicted molar refractivity (Wildman–Crippen MR) is 72.9 cm³/mol. The van der Waals surface area contributed by atoms with E-state index in [2.05, 4.69) is 20.9 Å². The number of carbonyl (C=O) groups is 1. The highest BCUT2D eigenvalue weighted by molar-refractivity contribution is 9.10. The Bertz CT molecular complexity index is 596. The average Bonchev–Trinajstić information content (AvgIpc) is 2.39. The number of aromatic nitrogens is 1. The first-order valence-corrected chi connectivity index (χ1v) is 6.49. The van der Waals surface area contributed by atoms with Crippen LogP contribution in [0.3, 0.4) is 0 Å². The van der Waals surface area contributed by atoms with Crippen LogP contribution in [0.15, 0.2) is 41.1 Å². The lowest BCUT2D eigenvalue weighted by Gasteiger charge is -2.07. The van der Waals surface area contributed by atoms with Gasteiger partial charge in [-0.2, -0.15) is 0 Å². The molecule has 3 nitrogen and oxygen atoms in total. The third kappa shape index (κ3) is 2.98. The fourth-order valence-corrected chi connectivity index (χ4v) is 2.17. The standard InChI is InChI=1S/C14H11BrFNO2/c1-2-19-10-6-9(7-17-8-10)14(18)13-11(15)4-3-5-12(13)16/h3-8H,2H2,1H3. The SMILES string of the molecule is CCOc1cncc(C(=O)c2c(F)cccc2Br)c1. The monoisotopic (exact) mass is 323 g/mol. The number of rotatable bonds is 4. The van der Waals surface area contributed by atoms with Gasteiger partial charge in [0, 0.05) is 16.2 Å². The Morgan fingerprint density at radius 2 is 2.21 bits per heavy atom. The summed E-state index contributed by atoms with van der Waals surface area (Å²) in [5, 5.41) is 0. The van der Waals surface area contributed by atoms with E-state index in [0.29, 0.717) is 16.8 Å². The molecule has 0 N–H and O–H groups in total. The maximum Gasteiger partial charge on any atom is 0.198 e. The van der Waals surface area contributed by atoms with E-state index in [4.69, 9.17) is 4.74 Å². The van der Waals surface area contributed by atoms with E-state index in [1.165, 1.54) is 24.5 Å². The molecule has 1 heterocycles. The van der Waals surface area contributed by atoms with Crippen molar-refractivity contribution in [1.82, 2.24) is 4.98 Å². The van der Waals surface area contributed by atoms with Crippen LogP contribution in [0.25, 0.3) is 0 Å². The van der Waals surface area contributed by atoms with Gasteiger partial charge in [0.15, 0.2) is 5.78 Å². The number of hydrogen-bond acceptors (Lipinski definition) is 3. The number of ketones is 1. The van der Waals surface area contributed by atoms with Gasteiger partial charge in [-0.1, -0.05) is 6.07 Å². The molecular weight excluding hydrogens is 313 g/mol. The Kier molecular flexibility index (Phi) is 4.27. The molecule has 5 heteroatoms. The first kappa shape index (κ1) is 13.7. The van der Waals surface area contributed by atoms with Gasteiger partial charge in [-0.3, -0.25) is 9.78 Å². The molecule has 0 spiro atoms. The van der Waals surface area contributed by atoms with Gasteiger partial charge in [0.25, 0.3) is 0 Å². The molecule has 0 unspecified atom stereocenters. The van der Waals surface area contributed by atoms with Gasteiger partial charge in [0.05, 0.1) is 18.4 Å². The summed E-state index contributed by atoms with van der Waals surface area (Å²) in [4.78, 5) is 16.2. The number of halogens is 2. The van der Waals surface area contributed by atoms with Crippen molar-refractivity contribution in [3.63, 3.8) is 0 Å². The number of nitrogens with zero attached hydrogens (tertiary/aromatic N) is 1. The topological polar surface area (TPSA) is 39.2 Å². The molecule has 0 atom stereocenters. The van der Waals surface area contributed by atoms with Crippen LogP contribution in [-0.4, -0.2) is 17.4 Å². The molecule has 19 heavy (non-hydrogen) atoms. The highest BCUT2D eigenvalue weighted by Gasteiger charge is 2.18. The van der Waals surface area contributed by atoms with Crippen LogP contribution in [0.2, 0.25) is 0 Å². The molecule has 0 saturated heterocycles. The number of pyridine rings is 1. The third-order valence-electron chi connectivity index (χ3n) is 2.48. The van der Waals surface area contributed by atoms with E-state index in [0.717, 1.165) is 0 Å². The normalized spacial score (nSPS) is 10.3. The lowest BCUT2D eigenvalue weighted by Crippen LogP contribution is -2.06. The van der Waals surface area contributed by atoms with Gasteiger partial charge in [0.1, 0.15) is 11.6 Å². The van der Waals surface area contributed by atoms with E-state index >= 15 is 0 Å². The van der Waals surface area contributed by atoms with E-state index in [-0.39, 0.29) is 11.1 Å². The van der Waals surface area contributed by atoms with Gasteiger partial charge in [-0.15, -0.1) is 0 Å². The summed E-state index contributed by atoms with van der Waals surface area (Å²) < 4.78 is 19.4. The van der Waals surface area contributed by atoms with E-state index in [1.807, 2.05) is 6.92 Å². The van der Waals surface area contributed by atoms with E-state index < -0.39 is 11.6 Å². The molecule has 98 valence electrons. The molecule has 2 aromatic rings. The van der Waals surface area contributed by atoms with Crippen LogP contribution in [0.5, 0.6) is 5.75 Å². The van der Waals surface area contributed by atoms with Crippen LogP contribution in [-0.2, 0) is 0 Å². The van der Waals surface area contributed by atoms with Gasteiger partial charge < -0.3 is 4.74 Å². The summed E-state index contributed by atoms with van der Waals surface area (Å²) in [7, 11) is 0. The summed E-state index contributed by atoms with van der Waals surface area (Å²) in [6, 6.07) is 5.96. The molecule has 2 rings (SSSR count). The Hall–Kier alpha value is -1.75. The third-order valence-corrected chi connectivity index (χ3v) is 3.14. The smallest absolute Gasteiger partial charge is 0.198 e. The summed E-state index contributed by atoms with van der Waals surface area (Å²) in [6.45, 7) is 2.31. The quantitative estimate of drug-likeness (QED) is 0.807. The zero-order chi connectivity index (χ0) is 13.8. The van der Waals surface area contributed by atoms with Gasteiger partial charge in [0.2, 0.25) is 0 Å². The lowest BCUT2D eigenvalue weighted by atomic mass is 10.0. The summed E-state index contributed by atoms with van der Waals surface area (Å²) >= 11 is 3.18. The van der Waals surface area contributed by atoms with Crippen LogP contribution in [0.4, 0.5) is 4.39 Å². The molecule has 0 saturated carbocycles. The summed E-state index contributed by atoms with van der Waals surface area (Å²) in [6.07, 6.45) is 2.90. The minimum absolute atomic E-state index is 0.00190. The minimum atomic E-state index is -0.568. The zero-order valence-corrected chi connectivity index (χ0v) is 11.8. The van der Waals surface area contributed by atoms with Crippen LogP contribution < -0.4 is 4.74 Å². The van der Waals surface area contributed by atoms with Crippen LogP contribution >= 0.6 is 15.9 Å². The molecule has 1 aromatic heterocycles. The number of carbonyl (C=O) groups excluding carboxylic acids is 1. The van der Waals surface area contributed by atoms with Crippen molar-refractivity contribution in [3.05, 3.63) is 58.1 Å². The molecule has 0 aliphatic carbocycles. The molecule has 0 amide bonds. The van der Waals surface area contributed by atoms with Crippen molar-refractivity contribution in [1.29, 1.82) is 0 Å². The second-order valence-corrected chi connectivity index (χ2v) is 4.62. The fourth-order valence-electron chi connectivity index (χ4n) is 1.65. The van der Waals surface area contributed by atoms with Crippen molar-refractivity contribution in [2.75, 3.05) is 6.61 Å². The van der Waals surface area contributed by atoms with Crippen LogP contribution in [0.1, 0.15) is 22.8 Å². The van der Waals surface area contributed by atoms with Gasteiger partial charge >= 0.3 is 0 Å². The molecule has 0 radical (unpaired) electrons. The largest absolute Gasteiger partial charge is 0.492 e. The minimum Gasteiger partial charge on any atom is -0.492 e. The first-order chi connectivity index (χ1) is 9.13. The molecule has 1 aromatic carbocycles. The Labute approximate surface area is 118 Å². The number of benzene rings is 1. The van der Waals surface area contributed by atoms with Crippen molar-refractivity contribution < 1.29 is 13.9 Å². The Morgan fingerprint density at radius 3 is 2.89 bits per heavy atom. The van der Waals surface area contributed by atoms with Crippen LogP contribution in [0, 0.1) is 5.82 Å². The maximum atomic E-state index is 13.7. The molecule has 0 fully saturated rings. The molecule has 0 bridgehead atoms. The van der Waals surface area contributed by atoms with Gasteiger partial charge in [-0.05, 0) is 41.1 Å². The molecule has 0 aliphatic rings. The fraction of sp³-hybridized carbons (Fsp3) is 0.143. The highest BCUT2D eigenvalue weighted by atomic mass is 79.9. The second kappa shape index (κ2) is 5.93. The number of ether oxygens (including phenoxy) is 1. The van der Waals surface area contributed by atoms with Crippen molar-refractivity contribution >= 4 is 21.7 Å². The highest BCUT2D eigenvalue weighted by Crippen LogP contribution is 2.23.